The molecule has 7 heteroatoms. The third-order valence-corrected chi connectivity index (χ3v) is 3.62. The number of ether oxygens (including phenoxy) is 1. The van der Waals surface area contributed by atoms with Crippen molar-refractivity contribution < 1.29 is 4.74 Å². The zero-order valence-corrected chi connectivity index (χ0v) is 11.8. The van der Waals surface area contributed by atoms with Crippen LogP contribution in [0.25, 0.3) is 16.9 Å². The second kappa shape index (κ2) is 5.14. The zero-order valence-electron chi connectivity index (χ0n) is 10.2. The fourth-order valence-corrected chi connectivity index (χ4v) is 2.76. The maximum Gasteiger partial charge on any atom is 0.245 e. The van der Waals surface area contributed by atoms with E-state index >= 15 is 0 Å². The van der Waals surface area contributed by atoms with Crippen molar-refractivity contribution in [2.45, 2.75) is 6.42 Å². The molecule has 19 heavy (non-hydrogen) atoms. The fourth-order valence-electron chi connectivity index (χ4n) is 1.97. The molecule has 0 amide bonds. The van der Waals surface area contributed by atoms with Crippen molar-refractivity contribution in [1.82, 2.24) is 19.5 Å². The minimum atomic E-state index is 0.481. The van der Waals surface area contributed by atoms with Crippen molar-refractivity contribution in [3.05, 3.63) is 29.0 Å². The molecular weight excluding hydrogens is 284 g/mol. The summed E-state index contributed by atoms with van der Waals surface area (Å²) >= 11 is 7.48. The van der Waals surface area contributed by atoms with Gasteiger partial charge in [0, 0.05) is 17.7 Å². The molecular formula is C12H11ClN4OS. The number of alkyl halides is 1. The van der Waals surface area contributed by atoms with E-state index in [0.29, 0.717) is 23.7 Å². The second-order valence-corrected chi connectivity index (χ2v) is 5.00. The predicted octanol–water partition coefficient (Wildman–Crippen LogP) is 2.67. The molecule has 0 aromatic carbocycles. The van der Waals surface area contributed by atoms with Crippen LogP contribution < -0.4 is 4.74 Å². The van der Waals surface area contributed by atoms with Gasteiger partial charge in [-0.15, -0.1) is 11.6 Å². The van der Waals surface area contributed by atoms with Gasteiger partial charge in [-0.05, 0) is 11.4 Å². The monoisotopic (exact) mass is 294 g/mol. The first kappa shape index (κ1) is 12.4. The van der Waals surface area contributed by atoms with Crippen LogP contribution in [0.5, 0.6) is 5.88 Å². The summed E-state index contributed by atoms with van der Waals surface area (Å²) in [5, 5.41) is 4.07. The van der Waals surface area contributed by atoms with Crippen LogP contribution in [0, 0.1) is 0 Å². The van der Waals surface area contributed by atoms with E-state index in [4.69, 9.17) is 16.3 Å². The van der Waals surface area contributed by atoms with Crippen molar-refractivity contribution in [3.8, 4) is 11.6 Å². The van der Waals surface area contributed by atoms with Gasteiger partial charge >= 0.3 is 0 Å². The van der Waals surface area contributed by atoms with Crippen LogP contribution in [0.1, 0.15) is 5.82 Å². The second-order valence-electron chi connectivity index (χ2n) is 3.84. The molecule has 0 aliphatic carbocycles. The molecule has 0 atom stereocenters. The van der Waals surface area contributed by atoms with Crippen LogP contribution >= 0.6 is 22.9 Å². The van der Waals surface area contributed by atoms with Crippen molar-refractivity contribution in [3.63, 3.8) is 0 Å². The lowest BCUT2D eigenvalue weighted by Gasteiger charge is -2.04. The molecule has 5 nitrogen and oxygen atoms in total. The molecule has 0 saturated heterocycles. The van der Waals surface area contributed by atoms with E-state index in [1.54, 1.807) is 18.4 Å². The van der Waals surface area contributed by atoms with Crippen molar-refractivity contribution in [2.75, 3.05) is 13.0 Å². The molecule has 0 saturated carbocycles. The zero-order chi connectivity index (χ0) is 13.2. The van der Waals surface area contributed by atoms with Gasteiger partial charge in [-0.3, -0.25) is 4.57 Å². The Morgan fingerprint density at radius 2 is 2.32 bits per heavy atom. The summed E-state index contributed by atoms with van der Waals surface area (Å²) < 4.78 is 7.23. The number of halogens is 1. The number of imidazole rings is 1. The Bertz CT molecular complexity index is 695. The molecule has 3 heterocycles. The minimum Gasteiger partial charge on any atom is -0.479 e. The van der Waals surface area contributed by atoms with E-state index in [0.717, 1.165) is 17.2 Å². The van der Waals surface area contributed by atoms with E-state index < -0.39 is 0 Å². The summed E-state index contributed by atoms with van der Waals surface area (Å²) in [6.07, 6.45) is 2.15. The number of nitrogens with zero attached hydrogens (tertiary/aromatic N) is 4. The van der Waals surface area contributed by atoms with Crippen LogP contribution in [0.15, 0.2) is 23.2 Å². The van der Waals surface area contributed by atoms with Gasteiger partial charge in [0.1, 0.15) is 12.2 Å². The molecule has 98 valence electrons. The van der Waals surface area contributed by atoms with Crippen LogP contribution in [-0.2, 0) is 6.42 Å². The Kier molecular flexibility index (Phi) is 3.35. The van der Waals surface area contributed by atoms with Gasteiger partial charge < -0.3 is 4.74 Å². The van der Waals surface area contributed by atoms with Crippen LogP contribution in [0.4, 0.5) is 0 Å². The number of aromatic nitrogens is 4. The van der Waals surface area contributed by atoms with Gasteiger partial charge in [-0.25, -0.2) is 9.97 Å². The number of thiophene rings is 1. The highest BCUT2D eigenvalue weighted by Crippen LogP contribution is 2.26. The average molecular weight is 295 g/mol. The minimum absolute atomic E-state index is 0.481. The number of methoxy groups -OCH3 is 1. The smallest absolute Gasteiger partial charge is 0.245 e. The number of aryl methyl sites for hydroxylation is 1. The summed E-state index contributed by atoms with van der Waals surface area (Å²) in [5.41, 5.74) is 2.44. The van der Waals surface area contributed by atoms with Gasteiger partial charge in [-0.2, -0.15) is 16.3 Å². The third-order valence-electron chi connectivity index (χ3n) is 2.76. The van der Waals surface area contributed by atoms with E-state index in [-0.39, 0.29) is 0 Å². The number of hydrogen-bond acceptors (Lipinski definition) is 5. The lowest BCUT2D eigenvalue weighted by Crippen LogP contribution is -2.01. The summed E-state index contributed by atoms with van der Waals surface area (Å²) in [6, 6.07) is 2.03. The van der Waals surface area contributed by atoms with Crippen molar-refractivity contribution >= 4 is 34.1 Å². The summed E-state index contributed by atoms with van der Waals surface area (Å²) in [7, 11) is 1.58. The molecule has 0 spiro atoms. The number of rotatable bonds is 4. The van der Waals surface area contributed by atoms with Gasteiger partial charge in [0.05, 0.1) is 12.8 Å². The van der Waals surface area contributed by atoms with Crippen molar-refractivity contribution in [2.24, 2.45) is 0 Å². The van der Waals surface area contributed by atoms with Crippen molar-refractivity contribution in [1.29, 1.82) is 0 Å². The molecule has 0 unspecified atom stereocenters. The largest absolute Gasteiger partial charge is 0.479 e. The first-order valence-electron chi connectivity index (χ1n) is 5.70. The molecule has 0 fully saturated rings. The van der Waals surface area contributed by atoms with Crippen LogP contribution in [0.3, 0.4) is 0 Å². The predicted molar refractivity (Wildman–Crippen MR) is 75.5 cm³/mol. The summed E-state index contributed by atoms with van der Waals surface area (Å²) in [4.78, 5) is 13.0. The highest BCUT2D eigenvalue weighted by Gasteiger charge is 2.17. The van der Waals surface area contributed by atoms with Gasteiger partial charge in [-0.1, -0.05) is 0 Å². The molecule has 0 N–H and O–H groups in total. The molecule has 0 bridgehead atoms. The maximum absolute atomic E-state index is 5.85. The molecule has 3 aromatic heterocycles. The van der Waals surface area contributed by atoms with Crippen LogP contribution in [-0.4, -0.2) is 32.5 Å². The fraction of sp³-hybridized carbons (Fsp3) is 0.250. The molecule has 0 aliphatic heterocycles. The lowest BCUT2D eigenvalue weighted by atomic mass is 10.4. The molecule has 3 aromatic rings. The number of hydrogen-bond donors (Lipinski definition) is 0. The lowest BCUT2D eigenvalue weighted by molar-refractivity contribution is 0.401. The SMILES string of the molecule is COc1ncnc2c1nc(CCCl)n2-c1ccsc1. The van der Waals surface area contributed by atoms with E-state index in [1.807, 2.05) is 21.4 Å². The quantitative estimate of drug-likeness (QED) is 0.694. The molecule has 3 rings (SSSR count). The molecule has 0 aliphatic rings. The maximum atomic E-state index is 5.85. The van der Waals surface area contributed by atoms with E-state index in [1.165, 1.54) is 6.33 Å². The van der Waals surface area contributed by atoms with Gasteiger partial charge in [0.2, 0.25) is 5.88 Å². The average Bonchev–Trinajstić information content (AvgIpc) is 3.04. The number of fused-ring (bicyclic) bond motifs is 1. The highest BCUT2D eigenvalue weighted by molar-refractivity contribution is 7.08. The highest BCUT2D eigenvalue weighted by atomic mass is 35.5. The van der Waals surface area contributed by atoms with Gasteiger partial charge in [0.15, 0.2) is 11.2 Å². The Morgan fingerprint density at radius 3 is 3.00 bits per heavy atom. The Balaban J connectivity index is 2.30. The summed E-state index contributed by atoms with van der Waals surface area (Å²) in [6.45, 7) is 0. The standard InChI is InChI=1S/C12H11ClN4OS/c1-18-12-10-11(14-7-15-12)17(8-3-5-19-6-8)9(16-10)2-4-13/h3,5-7H,2,4H2,1H3. The Hall–Kier alpha value is -1.66. The summed E-state index contributed by atoms with van der Waals surface area (Å²) in [5.74, 6) is 1.85. The van der Waals surface area contributed by atoms with E-state index in [9.17, 15) is 0 Å². The first-order valence-corrected chi connectivity index (χ1v) is 7.17. The van der Waals surface area contributed by atoms with Gasteiger partial charge in [0.25, 0.3) is 0 Å². The normalized spacial score (nSPS) is 11.1. The molecule has 0 radical (unpaired) electrons. The van der Waals surface area contributed by atoms with E-state index in [2.05, 4.69) is 15.0 Å². The first-order chi connectivity index (χ1) is 9.35. The third kappa shape index (κ3) is 2.06. The Labute approximate surface area is 118 Å². The van der Waals surface area contributed by atoms with Crippen LogP contribution in [0.2, 0.25) is 0 Å². The topological polar surface area (TPSA) is 52.8 Å². The Morgan fingerprint density at radius 1 is 1.42 bits per heavy atom.